The molecule has 8 nitrogen and oxygen atoms in total. The van der Waals surface area contributed by atoms with Gasteiger partial charge in [-0.05, 0) is 81.1 Å². The Morgan fingerprint density at radius 2 is 1.69 bits per heavy atom. The number of nitrogens with zero attached hydrogens (tertiary/aromatic N) is 2. The molecular formula is C32H38ClN3O5S. The van der Waals surface area contributed by atoms with Gasteiger partial charge in [-0.3, -0.25) is 13.9 Å². The molecule has 42 heavy (non-hydrogen) atoms. The van der Waals surface area contributed by atoms with Gasteiger partial charge in [-0.25, -0.2) is 8.42 Å². The van der Waals surface area contributed by atoms with Crippen molar-refractivity contribution in [1.82, 2.24) is 10.2 Å². The van der Waals surface area contributed by atoms with Crippen molar-refractivity contribution < 1.29 is 22.7 Å². The van der Waals surface area contributed by atoms with Crippen molar-refractivity contribution in [2.75, 3.05) is 18.0 Å². The highest BCUT2D eigenvalue weighted by molar-refractivity contribution is 7.92. The van der Waals surface area contributed by atoms with Gasteiger partial charge in [0, 0.05) is 17.6 Å². The Bertz CT molecular complexity index is 1520. The fourth-order valence-electron chi connectivity index (χ4n) is 5.16. The minimum absolute atomic E-state index is 0.0478. The van der Waals surface area contributed by atoms with Crippen LogP contribution in [0.15, 0.2) is 71.6 Å². The Balaban J connectivity index is 1.72. The van der Waals surface area contributed by atoms with E-state index >= 15 is 0 Å². The van der Waals surface area contributed by atoms with E-state index in [4.69, 9.17) is 16.3 Å². The van der Waals surface area contributed by atoms with E-state index in [0.29, 0.717) is 22.0 Å². The minimum Gasteiger partial charge on any atom is -0.497 e. The summed E-state index contributed by atoms with van der Waals surface area (Å²) < 4.78 is 34.6. The summed E-state index contributed by atoms with van der Waals surface area (Å²) in [5.41, 5.74) is 2.46. The van der Waals surface area contributed by atoms with Crippen LogP contribution in [0, 0.1) is 13.8 Å². The molecule has 4 rings (SSSR count). The average Bonchev–Trinajstić information content (AvgIpc) is 3.49. The van der Waals surface area contributed by atoms with Crippen LogP contribution in [0.4, 0.5) is 5.69 Å². The van der Waals surface area contributed by atoms with Crippen molar-refractivity contribution in [3.8, 4) is 5.75 Å². The van der Waals surface area contributed by atoms with E-state index in [1.807, 2.05) is 19.1 Å². The molecule has 10 heteroatoms. The maximum atomic E-state index is 14.2. The summed E-state index contributed by atoms with van der Waals surface area (Å²) in [7, 11) is -2.62. The van der Waals surface area contributed by atoms with Gasteiger partial charge < -0.3 is 15.0 Å². The fourth-order valence-corrected chi connectivity index (χ4v) is 6.80. The van der Waals surface area contributed by atoms with Crippen LogP contribution in [0.2, 0.25) is 5.02 Å². The predicted octanol–water partition coefficient (Wildman–Crippen LogP) is 5.64. The maximum Gasteiger partial charge on any atom is 0.264 e. The van der Waals surface area contributed by atoms with Gasteiger partial charge >= 0.3 is 0 Å². The molecule has 0 radical (unpaired) electrons. The molecular weight excluding hydrogens is 574 g/mol. The number of methoxy groups -OCH3 is 1. The van der Waals surface area contributed by atoms with Gasteiger partial charge in [0.15, 0.2) is 0 Å². The molecule has 0 aliphatic heterocycles. The summed E-state index contributed by atoms with van der Waals surface area (Å²) in [6.45, 7) is 4.81. The quantitative estimate of drug-likeness (QED) is 0.303. The largest absolute Gasteiger partial charge is 0.497 e. The smallest absolute Gasteiger partial charge is 0.264 e. The molecule has 0 aromatic heterocycles. The Morgan fingerprint density at radius 3 is 2.36 bits per heavy atom. The van der Waals surface area contributed by atoms with Gasteiger partial charge in [-0.1, -0.05) is 60.3 Å². The van der Waals surface area contributed by atoms with Crippen LogP contribution in [0.5, 0.6) is 5.75 Å². The molecule has 0 heterocycles. The molecule has 1 N–H and O–H groups in total. The Kier molecular flexibility index (Phi) is 10.2. The second-order valence-electron chi connectivity index (χ2n) is 10.7. The van der Waals surface area contributed by atoms with Crippen LogP contribution in [0.3, 0.4) is 0 Å². The zero-order valence-electron chi connectivity index (χ0n) is 24.5. The van der Waals surface area contributed by atoms with E-state index < -0.39 is 28.5 Å². The molecule has 1 aliphatic carbocycles. The molecule has 0 unspecified atom stereocenters. The third-order valence-electron chi connectivity index (χ3n) is 7.75. The summed E-state index contributed by atoms with van der Waals surface area (Å²) in [5.74, 6) is -0.187. The summed E-state index contributed by atoms with van der Waals surface area (Å²) in [6.07, 6.45) is 3.91. The molecule has 1 saturated carbocycles. The van der Waals surface area contributed by atoms with E-state index in [0.717, 1.165) is 41.1 Å². The number of aryl methyl sites for hydroxylation is 1. The normalized spacial score (nSPS) is 14.3. The van der Waals surface area contributed by atoms with E-state index in [1.165, 1.54) is 17.0 Å². The predicted molar refractivity (Wildman–Crippen MR) is 165 cm³/mol. The maximum absolute atomic E-state index is 14.2. The van der Waals surface area contributed by atoms with Crippen LogP contribution in [-0.2, 0) is 26.2 Å². The molecule has 0 spiro atoms. The first-order valence-electron chi connectivity index (χ1n) is 14.1. The van der Waals surface area contributed by atoms with Crippen molar-refractivity contribution in [2.24, 2.45) is 0 Å². The molecule has 2 amide bonds. The number of nitrogens with one attached hydrogen (secondary N) is 1. The van der Waals surface area contributed by atoms with Crippen molar-refractivity contribution in [3.05, 3.63) is 88.4 Å². The van der Waals surface area contributed by atoms with Crippen LogP contribution in [-0.4, -0.2) is 50.9 Å². The zero-order chi connectivity index (χ0) is 30.4. The van der Waals surface area contributed by atoms with E-state index in [-0.39, 0.29) is 23.4 Å². The lowest BCUT2D eigenvalue weighted by atomic mass is 10.1. The number of carbonyl (C=O) groups excluding carboxylic acids is 2. The third-order valence-corrected chi connectivity index (χ3v) is 9.93. The SMILES string of the molecule is COc1cccc(CN(C(=O)CN(c2cccc(Cl)c2C)S(=O)(=O)c2ccc(C)cc2)[C@@H](C)C(=O)NC2CCCC2)c1. The Hall–Kier alpha value is -3.56. The number of benzene rings is 3. The van der Waals surface area contributed by atoms with Gasteiger partial charge in [-0.15, -0.1) is 0 Å². The molecule has 1 aliphatic rings. The summed E-state index contributed by atoms with van der Waals surface area (Å²) >= 11 is 6.40. The number of hydrogen-bond acceptors (Lipinski definition) is 5. The number of amides is 2. The van der Waals surface area contributed by atoms with E-state index in [1.54, 1.807) is 63.4 Å². The highest BCUT2D eigenvalue weighted by Crippen LogP contribution is 2.31. The van der Waals surface area contributed by atoms with E-state index in [9.17, 15) is 18.0 Å². The monoisotopic (exact) mass is 611 g/mol. The second kappa shape index (κ2) is 13.6. The molecule has 1 fully saturated rings. The number of hydrogen-bond donors (Lipinski definition) is 1. The van der Waals surface area contributed by atoms with Crippen LogP contribution in [0.25, 0.3) is 0 Å². The van der Waals surface area contributed by atoms with E-state index in [2.05, 4.69) is 5.32 Å². The zero-order valence-corrected chi connectivity index (χ0v) is 26.0. The first-order valence-corrected chi connectivity index (χ1v) is 15.9. The van der Waals surface area contributed by atoms with Gasteiger partial charge in [0.05, 0.1) is 17.7 Å². The summed E-state index contributed by atoms with van der Waals surface area (Å²) in [4.78, 5) is 29.0. The molecule has 1 atom stereocenters. The number of anilines is 1. The highest BCUT2D eigenvalue weighted by atomic mass is 35.5. The van der Waals surface area contributed by atoms with Gasteiger partial charge in [-0.2, -0.15) is 0 Å². The minimum atomic E-state index is -4.18. The number of carbonyl (C=O) groups is 2. The summed E-state index contributed by atoms with van der Waals surface area (Å²) in [5, 5.41) is 3.45. The topological polar surface area (TPSA) is 96.0 Å². The number of ether oxygens (including phenoxy) is 1. The molecule has 224 valence electrons. The lowest BCUT2D eigenvalue weighted by Gasteiger charge is -2.33. The van der Waals surface area contributed by atoms with Gasteiger partial charge in [0.2, 0.25) is 11.8 Å². The number of rotatable bonds is 11. The van der Waals surface area contributed by atoms with Gasteiger partial charge in [0.25, 0.3) is 10.0 Å². The van der Waals surface area contributed by atoms with Crippen molar-refractivity contribution in [1.29, 1.82) is 0 Å². The number of halogens is 1. The number of sulfonamides is 1. The molecule has 3 aromatic carbocycles. The summed E-state index contributed by atoms with van der Waals surface area (Å²) in [6, 6.07) is 17.9. The molecule has 3 aromatic rings. The lowest BCUT2D eigenvalue weighted by molar-refractivity contribution is -0.139. The van der Waals surface area contributed by atoms with Gasteiger partial charge in [0.1, 0.15) is 18.3 Å². The first kappa shape index (κ1) is 31.4. The average molecular weight is 612 g/mol. The standard InChI is InChI=1S/C32H38ClN3O5S/c1-22-15-17-28(18-16-22)42(39,40)36(30-14-8-13-29(33)23(30)2)21-31(37)35(20-25-9-7-12-27(19-25)41-4)24(3)32(38)34-26-10-5-6-11-26/h7-9,12-19,24,26H,5-6,10-11,20-21H2,1-4H3,(H,34,38)/t24-/m0/s1. The molecule has 0 bridgehead atoms. The van der Waals surface area contributed by atoms with Crippen LogP contribution < -0.4 is 14.4 Å². The Morgan fingerprint density at radius 1 is 1.02 bits per heavy atom. The van der Waals surface area contributed by atoms with Crippen LogP contribution >= 0.6 is 11.6 Å². The highest BCUT2D eigenvalue weighted by Gasteiger charge is 2.34. The third kappa shape index (κ3) is 7.25. The second-order valence-corrected chi connectivity index (χ2v) is 13.0. The first-order chi connectivity index (χ1) is 20.0. The van der Waals surface area contributed by atoms with Crippen molar-refractivity contribution in [3.63, 3.8) is 0 Å². The Labute approximate surface area is 253 Å². The lowest BCUT2D eigenvalue weighted by Crippen LogP contribution is -2.52. The van der Waals surface area contributed by atoms with Crippen molar-refractivity contribution >= 4 is 39.1 Å². The van der Waals surface area contributed by atoms with Crippen LogP contribution in [0.1, 0.15) is 49.3 Å². The fraction of sp³-hybridized carbons (Fsp3) is 0.375. The molecule has 0 saturated heterocycles. The van der Waals surface area contributed by atoms with Crippen molar-refractivity contribution in [2.45, 2.75) is 70.0 Å².